The van der Waals surface area contributed by atoms with Crippen molar-refractivity contribution in [3.05, 3.63) is 59.4 Å². The molecule has 0 saturated heterocycles. The van der Waals surface area contributed by atoms with Crippen molar-refractivity contribution in [1.82, 2.24) is 14.8 Å². The lowest BCUT2D eigenvalue weighted by molar-refractivity contribution is 0.0997. The van der Waals surface area contributed by atoms with Crippen LogP contribution in [0.15, 0.2) is 58.5 Å². The maximum atomic E-state index is 13.3. The Morgan fingerprint density at radius 2 is 1.82 bits per heavy atom. The van der Waals surface area contributed by atoms with Gasteiger partial charge in [-0.25, -0.2) is 18.1 Å². The van der Waals surface area contributed by atoms with Crippen LogP contribution in [-0.4, -0.2) is 35.7 Å². The van der Waals surface area contributed by atoms with Crippen LogP contribution >= 0.6 is 11.6 Å². The highest BCUT2D eigenvalue weighted by molar-refractivity contribution is 7.91. The van der Waals surface area contributed by atoms with Gasteiger partial charge in [-0.3, -0.25) is 4.79 Å². The van der Waals surface area contributed by atoms with E-state index in [-0.39, 0.29) is 26.3 Å². The van der Waals surface area contributed by atoms with Crippen molar-refractivity contribution < 1.29 is 17.9 Å². The molecule has 2 aliphatic carbocycles. The Hall–Kier alpha value is -2.91. The molecule has 2 aromatic heterocycles. The minimum Gasteiger partial charge on any atom is -0.477 e. The number of amides is 1. The molecule has 0 radical (unpaired) electrons. The summed E-state index contributed by atoms with van der Waals surface area (Å²) in [4.78, 5) is 15.9. The van der Waals surface area contributed by atoms with Gasteiger partial charge in [-0.2, -0.15) is 0 Å². The molecular weight excluding hydrogens is 476 g/mol. The highest BCUT2D eigenvalue weighted by Gasteiger charge is 2.40. The highest BCUT2D eigenvalue weighted by Crippen LogP contribution is 2.50. The first kappa shape index (κ1) is 22.9. The maximum Gasteiger partial charge on any atom is 0.253 e. The van der Waals surface area contributed by atoms with Crippen LogP contribution in [0, 0.1) is 17.8 Å². The number of sulfone groups is 1. The first-order valence-corrected chi connectivity index (χ1v) is 13.2. The molecule has 8 nitrogen and oxygen atoms in total. The van der Waals surface area contributed by atoms with Crippen LogP contribution in [-0.2, 0) is 9.84 Å². The number of aromatic nitrogens is 3. The van der Waals surface area contributed by atoms with E-state index in [4.69, 9.17) is 22.1 Å². The molecule has 2 N–H and O–H groups in total. The molecule has 178 valence electrons. The number of hydrogen-bond acceptors (Lipinski definition) is 6. The van der Waals surface area contributed by atoms with E-state index in [1.807, 2.05) is 0 Å². The molecule has 1 amide bonds. The third kappa shape index (κ3) is 4.67. The van der Waals surface area contributed by atoms with Gasteiger partial charge >= 0.3 is 0 Å². The molecule has 0 atom stereocenters. The Balaban J connectivity index is 1.40. The Morgan fingerprint density at radius 3 is 2.44 bits per heavy atom. The van der Waals surface area contributed by atoms with E-state index in [0.29, 0.717) is 12.5 Å². The minimum absolute atomic E-state index is 0.0103. The molecule has 0 spiro atoms. The van der Waals surface area contributed by atoms with Gasteiger partial charge in [0.15, 0.2) is 5.82 Å². The average Bonchev–Trinajstić information content (AvgIpc) is 3.76. The monoisotopic (exact) mass is 500 g/mol. The zero-order valence-electron chi connectivity index (χ0n) is 18.4. The molecule has 2 saturated carbocycles. The summed E-state index contributed by atoms with van der Waals surface area (Å²) < 4.78 is 33.8. The van der Waals surface area contributed by atoms with Crippen molar-refractivity contribution in [3.8, 4) is 11.7 Å². The Labute approximate surface area is 203 Å². The lowest BCUT2D eigenvalue weighted by atomic mass is 9.95. The van der Waals surface area contributed by atoms with E-state index in [1.54, 1.807) is 30.5 Å². The van der Waals surface area contributed by atoms with E-state index < -0.39 is 15.7 Å². The van der Waals surface area contributed by atoms with Crippen LogP contribution in [0.2, 0.25) is 5.15 Å². The van der Waals surface area contributed by atoms with Crippen LogP contribution in [0.5, 0.6) is 5.88 Å². The van der Waals surface area contributed by atoms with Crippen LogP contribution in [0.3, 0.4) is 0 Å². The van der Waals surface area contributed by atoms with Crippen LogP contribution in [0.1, 0.15) is 42.5 Å². The number of pyridine rings is 1. The number of hydrogen-bond donors (Lipinski definition) is 1. The first-order valence-electron chi connectivity index (χ1n) is 11.3. The third-order valence-electron chi connectivity index (χ3n) is 6.47. The number of primary amides is 1. The summed E-state index contributed by atoms with van der Waals surface area (Å²) in [6, 6.07) is 10.7. The zero-order chi connectivity index (χ0) is 23.9. The number of nitrogens with two attached hydrogens (primary N) is 1. The molecule has 1 aromatic carbocycles. The van der Waals surface area contributed by atoms with E-state index in [2.05, 4.69) is 10.1 Å². The third-order valence-corrected chi connectivity index (χ3v) is 8.54. The standard InChI is InChI=1S/C24H25ClN4O4S/c25-23-22(24(26)30)19(34(31,32)17-4-2-1-3-5-17)14-20(27-23)29-12-10-21(28-29)33-13-11-18(15-6-7-15)16-8-9-16/h1-5,10,12,14-16,18H,6-9,11,13H2,(H2,26,30). The number of rotatable bonds is 10. The van der Waals surface area contributed by atoms with Gasteiger partial charge in [0, 0.05) is 18.3 Å². The lowest BCUT2D eigenvalue weighted by Gasteiger charge is -2.14. The first-order chi connectivity index (χ1) is 16.3. The Morgan fingerprint density at radius 1 is 1.15 bits per heavy atom. The molecule has 10 heteroatoms. The number of carbonyl (C=O) groups excluding carboxylic acids is 1. The van der Waals surface area contributed by atoms with Crippen molar-refractivity contribution in [2.75, 3.05) is 6.61 Å². The van der Waals surface area contributed by atoms with E-state index in [9.17, 15) is 13.2 Å². The molecule has 34 heavy (non-hydrogen) atoms. The van der Waals surface area contributed by atoms with Crippen LogP contribution in [0.4, 0.5) is 0 Å². The smallest absolute Gasteiger partial charge is 0.253 e. The average molecular weight is 501 g/mol. The zero-order valence-corrected chi connectivity index (χ0v) is 20.0. The molecule has 2 aliphatic rings. The summed E-state index contributed by atoms with van der Waals surface area (Å²) in [6.07, 6.45) is 7.94. The summed E-state index contributed by atoms with van der Waals surface area (Å²) in [7, 11) is -4.09. The molecule has 0 aliphatic heterocycles. The quantitative estimate of drug-likeness (QED) is 0.419. The molecule has 2 fully saturated rings. The van der Waals surface area contributed by atoms with Crippen LogP contribution in [0.25, 0.3) is 5.82 Å². The highest BCUT2D eigenvalue weighted by atomic mass is 35.5. The second kappa shape index (κ2) is 9.03. The second-order valence-electron chi connectivity index (χ2n) is 8.90. The number of benzene rings is 1. The number of ether oxygens (including phenoxy) is 1. The van der Waals surface area contributed by atoms with Gasteiger partial charge in [-0.05, 0) is 62.0 Å². The largest absolute Gasteiger partial charge is 0.477 e. The Bertz CT molecular complexity index is 1310. The van der Waals surface area contributed by atoms with E-state index in [1.165, 1.54) is 48.6 Å². The summed E-state index contributed by atoms with van der Waals surface area (Å²) in [5, 5.41) is 4.06. The van der Waals surface area contributed by atoms with Gasteiger partial charge in [0.25, 0.3) is 5.91 Å². The number of nitrogens with zero attached hydrogens (tertiary/aromatic N) is 3. The summed E-state index contributed by atoms with van der Waals surface area (Å²) in [6.45, 7) is 0.580. The second-order valence-corrected chi connectivity index (χ2v) is 11.2. The molecular formula is C24H25ClN4O4S. The normalized spacial score (nSPS) is 16.1. The molecule has 2 heterocycles. The minimum atomic E-state index is -4.09. The predicted molar refractivity (Wildman–Crippen MR) is 126 cm³/mol. The molecule has 3 aromatic rings. The van der Waals surface area contributed by atoms with Gasteiger partial charge in [-0.15, -0.1) is 5.10 Å². The lowest BCUT2D eigenvalue weighted by Crippen LogP contribution is -2.19. The fraction of sp³-hybridized carbons (Fsp3) is 0.375. The number of halogens is 1. The fourth-order valence-electron chi connectivity index (χ4n) is 4.48. The van der Waals surface area contributed by atoms with Crippen molar-refractivity contribution in [3.63, 3.8) is 0 Å². The van der Waals surface area contributed by atoms with Gasteiger partial charge in [-0.1, -0.05) is 29.8 Å². The van der Waals surface area contributed by atoms with Gasteiger partial charge in [0.05, 0.1) is 22.0 Å². The van der Waals surface area contributed by atoms with E-state index in [0.717, 1.165) is 24.2 Å². The maximum absolute atomic E-state index is 13.3. The van der Waals surface area contributed by atoms with Gasteiger partial charge < -0.3 is 10.5 Å². The fourth-order valence-corrected chi connectivity index (χ4v) is 6.31. The Kier molecular flexibility index (Phi) is 6.07. The molecule has 0 unspecified atom stereocenters. The van der Waals surface area contributed by atoms with E-state index >= 15 is 0 Å². The summed E-state index contributed by atoms with van der Waals surface area (Å²) in [5.74, 6) is 2.02. The SMILES string of the molecule is NC(=O)c1c(S(=O)(=O)c2ccccc2)cc(-n2ccc(OCCC(C3CC3)C3CC3)n2)nc1Cl. The summed E-state index contributed by atoms with van der Waals surface area (Å²) >= 11 is 6.22. The predicted octanol–water partition coefficient (Wildman–Crippen LogP) is 4.06. The van der Waals surface area contributed by atoms with Crippen LogP contribution < -0.4 is 10.5 Å². The topological polar surface area (TPSA) is 117 Å². The summed E-state index contributed by atoms with van der Waals surface area (Å²) in [5.41, 5.74) is 5.09. The van der Waals surface area contributed by atoms with Crippen molar-refractivity contribution in [1.29, 1.82) is 0 Å². The molecule has 0 bridgehead atoms. The van der Waals surface area contributed by atoms with Gasteiger partial charge in [0.1, 0.15) is 5.15 Å². The van der Waals surface area contributed by atoms with Gasteiger partial charge in [0.2, 0.25) is 15.7 Å². The van der Waals surface area contributed by atoms with Crippen molar-refractivity contribution in [2.24, 2.45) is 23.5 Å². The van der Waals surface area contributed by atoms with Crippen molar-refractivity contribution >= 4 is 27.3 Å². The van der Waals surface area contributed by atoms with Crippen molar-refractivity contribution in [2.45, 2.75) is 41.9 Å². The molecule has 5 rings (SSSR count). The number of carbonyl (C=O) groups is 1.